The van der Waals surface area contributed by atoms with Crippen molar-refractivity contribution in [1.29, 1.82) is 0 Å². The van der Waals surface area contributed by atoms with Crippen molar-refractivity contribution in [2.75, 3.05) is 0 Å². The van der Waals surface area contributed by atoms with E-state index in [1.807, 2.05) is 26.0 Å². The molecule has 128 valence electrons. The molecule has 0 aromatic heterocycles. The van der Waals surface area contributed by atoms with Crippen molar-refractivity contribution in [2.45, 2.75) is 27.7 Å². The van der Waals surface area contributed by atoms with E-state index in [-0.39, 0.29) is 11.5 Å². The molecule has 0 atom stereocenters. The van der Waals surface area contributed by atoms with Crippen LogP contribution in [-0.4, -0.2) is 10.2 Å². The Morgan fingerprint density at radius 3 is 1.35 bits per heavy atom. The molecule has 5 rings (SSSR count). The van der Waals surface area contributed by atoms with Crippen LogP contribution in [0.3, 0.4) is 0 Å². The van der Waals surface area contributed by atoms with E-state index in [1.165, 1.54) is 16.5 Å². The summed E-state index contributed by atoms with van der Waals surface area (Å²) in [5, 5.41) is 29.9. The van der Waals surface area contributed by atoms with E-state index in [2.05, 4.69) is 38.1 Å². The lowest BCUT2D eigenvalue weighted by molar-refractivity contribution is 0.481. The molecule has 0 saturated carbocycles. The molecule has 5 aromatic carbocycles. The molecule has 0 unspecified atom stereocenters. The van der Waals surface area contributed by atoms with E-state index >= 15 is 0 Å². The van der Waals surface area contributed by atoms with Gasteiger partial charge in [0.2, 0.25) is 0 Å². The largest absolute Gasteiger partial charge is 0.507 e. The molecule has 5 aromatic rings. The maximum Gasteiger partial charge on any atom is 0.124 e. The van der Waals surface area contributed by atoms with Gasteiger partial charge in [0.05, 0.1) is 0 Å². The monoisotopic (exact) mass is 340 g/mol. The highest BCUT2D eigenvalue weighted by Gasteiger charge is 2.21. The lowest BCUT2D eigenvalue weighted by Gasteiger charge is -2.20. The van der Waals surface area contributed by atoms with Crippen molar-refractivity contribution < 1.29 is 10.2 Å². The molecule has 0 saturated heterocycles. The second-order valence-corrected chi connectivity index (χ2v) is 7.54. The third-order valence-electron chi connectivity index (χ3n) is 5.87. The Balaban J connectivity index is 2.32. The van der Waals surface area contributed by atoms with Crippen molar-refractivity contribution in [3.63, 3.8) is 0 Å². The topological polar surface area (TPSA) is 40.5 Å². The molecule has 0 spiro atoms. The predicted octanol–water partition coefficient (Wildman–Crippen LogP) is 6.38. The van der Waals surface area contributed by atoms with Gasteiger partial charge in [0.1, 0.15) is 11.5 Å². The van der Waals surface area contributed by atoms with Crippen molar-refractivity contribution in [2.24, 2.45) is 0 Å². The minimum atomic E-state index is 0.276. The van der Waals surface area contributed by atoms with Crippen LogP contribution in [0, 0.1) is 27.7 Å². The fourth-order valence-corrected chi connectivity index (χ4v) is 4.87. The molecular weight excluding hydrogens is 320 g/mol. The predicted molar refractivity (Wildman–Crippen MR) is 110 cm³/mol. The summed E-state index contributed by atoms with van der Waals surface area (Å²) < 4.78 is 0. The minimum Gasteiger partial charge on any atom is -0.507 e. The van der Waals surface area contributed by atoms with Gasteiger partial charge >= 0.3 is 0 Å². The Bertz CT molecular complexity index is 1280. The third kappa shape index (κ3) is 1.67. The number of phenols is 2. The van der Waals surface area contributed by atoms with E-state index in [9.17, 15) is 10.2 Å². The number of phenolic OH excluding ortho intramolecular Hbond substituents is 2. The Kier molecular flexibility index (Phi) is 2.81. The van der Waals surface area contributed by atoms with E-state index < -0.39 is 0 Å². The minimum absolute atomic E-state index is 0.276. The number of rotatable bonds is 0. The van der Waals surface area contributed by atoms with Gasteiger partial charge in [-0.3, -0.25) is 0 Å². The average Bonchev–Trinajstić information content (AvgIpc) is 2.57. The van der Waals surface area contributed by atoms with Crippen LogP contribution < -0.4 is 0 Å². The van der Waals surface area contributed by atoms with Gasteiger partial charge in [-0.15, -0.1) is 0 Å². The van der Waals surface area contributed by atoms with Crippen LogP contribution in [-0.2, 0) is 0 Å². The molecule has 26 heavy (non-hydrogen) atoms. The van der Waals surface area contributed by atoms with Gasteiger partial charge in [-0.2, -0.15) is 0 Å². The van der Waals surface area contributed by atoms with Crippen LogP contribution in [0.5, 0.6) is 11.5 Å². The summed E-state index contributed by atoms with van der Waals surface area (Å²) in [5.74, 6) is 0.553. The summed E-state index contributed by atoms with van der Waals surface area (Å²) in [4.78, 5) is 0. The SMILES string of the molecule is Cc1ccc2c3c(O)cc(C)c4c(C)cc(O)c(c5ccc(C)c1c25)c43. The Hall–Kier alpha value is -3.00. The third-order valence-corrected chi connectivity index (χ3v) is 5.87. The second kappa shape index (κ2) is 4.79. The summed E-state index contributed by atoms with van der Waals surface area (Å²) >= 11 is 0. The zero-order chi connectivity index (χ0) is 18.3. The highest BCUT2D eigenvalue weighted by molar-refractivity contribution is 6.36. The molecule has 2 heteroatoms. The maximum absolute atomic E-state index is 10.9. The number of benzene rings is 5. The molecule has 0 bridgehead atoms. The number of hydrogen-bond acceptors (Lipinski definition) is 2. The first kappa shape index (κ1) is 15.3. The zero-order valence-corrected chi connectivity index (χ0v) is 15.4. The first-order valence-corrected chi connectivity index (χ1v) is 8.92. The highest BCUT2D eigenvalue weighted by atomic mass is 16.3. The van der Waals surface area contributed by atoms with Gasteiger partial charge < -0.3 is 10.2 Å². The maximum atomic E-state index is 10.9. The molecule has 0 fully saturated rings. The van der Waals surface area contributed by atoms with Crippen LogP contribution in [0.2, 0.25) is 0 Å². The Morgan fingerprint density at radius 1 is 0.462 bits per heavy atom. The molecule has 2 nitrogen and oxygen atoms in total. The second-order valence-electron chi connectivity index (χ2n) is 7.54. The molecule has 2 N–H and O–H groups in total. The zero-order valence-electron chi connectivity index (χ0n) is 15.4. The van der Waals surface area contributed by atoms with E-state index in [4.69, 9.17) is 0 Å². The number of fused-ring (bicyclic) bond motifs is 2. The standard InChI is InChI=1S/C24H20O2/c1-11-5-7-15-21-16(8-6-12(2)19(11)21)23-18(26)10-14(4)20-13(3)9-17(25)22(15)24(20)23/h5-10,25-26H,1-4H3. The van der Waals surface area contributed by atoms with Crippen LogP contribution in [0.25, 0.3) is 43.1 Å². The summed E-state index contributed by atoms with van der Waals surface area (Å²) in [6.45, 7) is 8.26. The van der Waals surface area contributed by atoms with Gasteiger partial charge in [-0.25, -0.2) is 0 Å². The van der Waals surface area contributed by atoms with Gasteiger partial charge in [-0.05, 0) is 89.0 Å². The molecule has 0 heterocycles. The summed E-state index contributed by atoms with van der Waals surface area (Å²) in [7, 11) is 0. The van der Waals surface area contributed by atoms with Gasteiger partial charge in [0, 0.05) is 16.2 Å². The number of aryl methyl sites for hydroxylation is 4. The van der Waals surface area contributed by atoms with Crippen LogP contribution >= 0.6 is 0 Å². The van der Waals surface area contributed by atoms with Gasteiger partial charge in [0.25, 0.3) is 0 Å². The molecule has 0 amide bonds. The molecule has 0 aliphatic carbocycles. The number of hydrogen-bond donors (Lipinski definition) is 2. The summed E-state index contributed by atoms with van der Waals surface area (Å²) in [5.41, 5.74) is 4.47. The summed E-state index contributed by atoms with van der Waals surface area (Å²) in [6.07, 6.45) is 0. The van der Waals surface area contributed by atoms with E-state index in [0.717, 1.165) is 48.8 Å². The fourth-order valence-electron chi connectivity index (χ4n) is 4.87. The van der Waals surface area contributed by atoms with Crippen molar-refractivity contribution in [3.05, 3.63) is 58.7 Å². The molecule has 0 aliphatic heterocycles. The van der Waals surface area contributed by atoms with Gasteiger partial charge in [0.15, 0.2) is 0 Å². The Morgan fingerprint density at radius 2 is 0.885 bits per heavy atom. The quantitative estimate of drug-likeness (QED) is 0.253. The van der Waals surface area contributed by atoms with Crippen LogP contribution in [0.1, 0.15) is 22.3 Å². The molecular formula is C24H20O2. The smallest absolute Gasteiger partial charge is 0.124 e. The van der Waals surface area contributed by atoms with Crippen molar-refractivity contribution in [1.82, 2.24) is 0 Å². The molecule has 0 radical (unpaired) electrons. The van der Waals surface area contributed by atoms with Crippen molar-refractivity contribution in [3.8, 4) is 11.5 Å². The highest BCUT2D eigenvalue weighted by Crippen LogP contribution is 2.49. The van der Waals surface area contributed by atoms with E-state index in [0.29, 0.717) is 0 Å². The Labute approximate surface area is 151 Å². The van der Waals surface area contributed by atoms with Crippen LogP contribution in [0.15, 0.2) is 36.4 Å². The lowest BCUT2D eigenvalue weighted by Crippen LogP contribution is -1.94. The normalized spacial score (nSPS) is 12.2. The summed E-state index contributed by atoms with van der Waals surface area (Å²) in [6, 6.07) is 12.1. The van der Waals surface area contributed by atoms with E-state index in [1.54, 1.807) is 0 Å². The van der Waals surface area contributed by atoms with Crippen LogP contribution in [0.4, 0.5) is 0 Å². The fraction of sp³-hybridized carbons (Fsp3) is 0.167. The first-order chi connectivity index (χ1) is 12.4. The average molecular weight is 340 g/mol. The molecule has 0 aliphatic rings. The first-order valence-electron chi connectivity index (χ1n) is 8.92. The van der Waals surface area contributed by atoms with Gasteiger partial charge in [-0.1, -0.05) is 24.3 Å². The van der Waals surface area contributed by atoms with Crippen molar-refractivity contribution >= 4 is 43.1 Å². The lowest BCUT2D eigenvalue weighted by atomic mass is 9.84. The number of aromatic hydroxyl groups is 2.